The van der Waals surface area contributed by atoms with Gasteiger partial charge in [0, 0.05) is 30.6 Å². The number of aliphatic hydroxyl groups is 5. The molecule has 0 heterocycles. The lowest BCUT2D eigenvalue weighted by atomic mass is 10.1. The topological polar surface area (TPSA) is 171 Å². The lowest BCUT2D eigenvalue weighted by Gasteiger charge is -2.29. The molecule has 1 aromatic carbocycles. The molecule has 0 saturated carbocycles. The van der Waals surface area contributed by atoms with Crippen LogP contribution in [0.1, 0.15) is 27.6 Å². The molecule has 0 bridgehead atoms. The second-order valence-corrected chi connectivity index (χ2v) is 10.2. The van der Waals surface area contributed by atoms with Gasteiger partial charge in [0.2, 0.25) is 5.91 Å². The van der Waals surface area contributed by atoms with Crippen LogP contribution in [0.5, 0.6) is 0 Å². The Morgan fingerprint density at radius 2 is 1.42 bits per heavy atom. The van der Waals surface area contributed by atoms with Gasteiger partial charge >= 0.3 is 0 Å². The van der Waals surface area contributed by atoms with E-state index in [4.69, 9.17) is 10.2 Å². The van der Waals surface area contributed by atoms with E-state index in [1.165, 1.54) is 23.8 Å². The summed E-state index contributed by atoms with van der Waals surface area (Å²) < 4.78 is 0.963. The van der Waals surface area contributed by atoms with Gasteiger partial charge in [-0.05, 0) is 67.8 Å². The molecular formula is C19H26I3N3O8. The van der Waals surface area contributed by atoms with Crippen LogP contribution in [0.4, 0.5) is 5.69 Å². The summed E-state index contributed by atoms with van der Waals surface area (Å²) in [6.45, 7) is -0.666. The zero-order valence-electron chi connectivity index (χ0n) is 17.9. The average Bonchev–Trinajstić information content (AvgIpc) is 2.76. The van der Waals surface area contributed by atoms with E-state index in [0.29, 0.717) is 10.7 Å². The van der Waals surface area contributed by atoms with Crippen molar-refractivity contribution in [1.29, 1.82) is 0 Å². The van der Waals surface area contributed by atoms with Crippen molar-refractivity contribution in [2.75, 3.05) is 51.4 Å². The van der Waals surface area contributed by atoms with Gasteiger partial charge in [-0.3, -0.25) is 14.4 Å². The summed E-state index contributed by atoms with van der Waals surface area (Å²) in [5, 5.41) is 49.7. The molecule has 0 aliphatic carbocycles. The summed E-state index contributed by atoms with van der Waals surface area (Å²) in [5.41, 5.74) is 0.410. The molecule has 0 saturated heterocycles. The maximum absolute atomic E-state index is 13.3. The average molecular weight is 805 g/mol. The van der Waals surface area contributed by atoms with E-state index >= 15 is 0 Å². The van der Waals surface area contributed by atoms with Gasteiger partial charge in [0.05, 0.1) is 62.5 Å². The summed E-state index contributed by atoms with van der Waals surface area (Å²) in [6, 6.07) is 0. The number of hydrogen-bond donors (Lipinski definition) is 6. The quantitative estimate of drug-likeness (QED) is 0.161. The highest BCUT2D eigenvalue weighted by Crippen LogP contribution is 2.38. The van der Waals surface area contributed by atoms with Crippen molar-refractivity contribution >= 4 is 91.2 Å². The molecule has 1 aromatic rings. The summed E-state index contributed by atoms with van der Waals surface area (Å²) in [5.74, 6) is -1.62. The molecule has 186 valence electrons. The monoisotopic (exact) mass is 805 g/mol. The van der Waals surface area contributed by atoms with Gasteiger partial charge in [-0.15, -0.1) is 0 Å². The van der Waals surface area contributed by atoms with Crippen molar-refractivity contribution < 1.29 is 39.9 Å². The fraction of sp³-hybridized carbons (Fsp3) is 0.526. The SMILES string of the molecule is CC(=O)N(CC(O)CO)c1c(I)c(C(=O)NCCO)c(I)c(C(=O)N(C)CC(O)CO)c1I. The van der Waals surface area contributed by atoms with Crippen molar-refractivity contribution in [2.45, 2.75) is 19.1 Å². The number of likely N-dealkylation sites (N-methyl/N-ethyl adjacent to an activating group) is 1. The van der Waals surface area contributed by atoms with Gasteiger partial charge in [0.25, 0.3) is 11.8 Å². The lowest BCUT2D eigenvalue weighted by Crippen LogP contribution is -2.41. The molecule has 0 spiro atoms. The lowest BCUT2D eigenvalue weighted by molar-refractivity contribution is -0.117. The first-order chi connectivity index (χ1) is 15.4. The molecule has 0 aliphatic rings. The molecule has 2 atom stereocenters. The van der Waals surface area contributed by atoms with Gasteiger partial charge < -0.3 is 40.6 Å². The number of anilines is 1. The van der Waals surface area contributed by atoms with Gasteiger partial charge in [0.15, 0.2) is 0 Å². The van der Waals surface area contributed by atoms with Crippen LogP contribution in [0, 0.1) is 10.7 Å². The van der Waals surface area contributed by atoms with E-state index in [-0.39, 0.29) is 43.1 Å². The normalized spacial score (nSPS) is 12.8. The third kappa shape index (κ3) is 7.80. The van der Waals surface area contributed by atoms with E-state index in [0.717, 1.165) is 0 Å². The van der Waals surface area contributed by atoms with Gasteiger partial charge in [-0.2, -0.15) is 0 Å². The molecule has 0 radical (unpaired) electrons. The maximum Gasteiger partial charge on any atom is 0.255 e. The van der Waals surface area contributed by atoms with Crippen LogP contribution in [-0.2, 0) is 4.79 Å². The van der Waals surface area contributed by atoms with E-state index in [1.54, 1.807) is 0 Å². The maximum atomic E-state index is 13.3. The molecule has 1 rings (SSSR count). The Labute approximate surface area is 231 Å². The summed E-state index contributed by atoms with van der Waals surface area (Å²) in [7, 11) is 1.43. The zero-order chi connectivity index (χ0) is 25.5. The second kappa shape index (κ2) is 14.2. The highest BCUT2D eigenvalue weighted by Gasteiger charge is 2.33. The fourth-order valence-corrected chi connectivity index (χ4v) is 7.53. The number of halogens is 3. The smallest absolute Gasteiger partial charge is 0.255 e. The third-order valence-electron chi connectivity index (χ3n) is 4.43. The molecular weight excluding hydrogens is 779 g/mol. The third-order valence-corrected chi connectivity index (χ3v) is 7.61. The summed E-state index contributed by atoms with van der Waals surface area (Å²) in [4.78, 5) is 41.1. The number of carbonyl (C=O) groups is 3. The molecule has 2 unspecified atom stereocenters. The molecule has 0 aliphatic heterocycles. The highest BCUT2D eigenvalue weighted by molar-refractivity contribution is 14.1. The largest absolute Gasteiger partial charge is 0.395 e. The Balaban J connectivity index is 3.83. The molecule has 0 fully saturated rings. The van der Waals surface area contributed by atoms with Crippen LogP contribution < -0.4 is 10.2 Å². The van der Waals surface area contributed by atoms with Gasteiger partial charge in [-0.1, -0.05) is 0 Å². The standard InChI is InChI=1S/C19H26I3N3O8/c1-9(29)25(6-11(31)8-28)17-15(21)12(18(32)23-3-4-26)14(20)13(16(17)22)19(33)24(2)5-10(30)7-27/h10-11,26-28,30-31H,3-8H2,1-2H3,(H,23,32). The first-order valence-corrected chi connectivity index (χ1v) is 12.9. The Morgan fingerprint density at radius 1 is 0.909 bits per heavy atom. The minimum Gasteiger partial charge on any atom is -0.395 e. The Morgan fingerprint density at radius 3 is 1.91 bits per heavy atom. The first kappa shape index (κ1) is 30.7. The van der Waals surface area contributed by atoms with Gasteiger partial charge in [-0.25, -0.2) is 0 Å². The minimum absolute atomic E-state index is 0.0299. The number of amides is 3. The van der Waals surface area contributed by atoms with Crippen molar-refractivity contribution in [3.63, 3.8) is 0 Å². The number of benzene rings is 1. The molecule has 11 nitrogen and oxygen atoms in total. The van der Waals surface area contributed by atoms with Crippen molar-refractivity contribution in [3.8, 4) is 0 Å². The molecule has 3 amide bonds. The van der Waals surface area contributed by atoms with Crippen molar-refractivity contribution in [2.24, 2.45) is 0 Å². The minimum atomic E-state index is -1.26. The molecule has 0 aromatic heterocycles. The second-order valence-electron chi connectivity index (χ2n) is 7.01. The number of aliphatic hydroxyl groups excluding tert-OH is 5. The Bertz CT molecular complexity index is 887. The van der Waals surface area contributed by atoms with Crippen LogP contribution in [0.25, 0.3) is 0 Å². The summed E-state index contributed by atoms with van der Waals surface area (Å²) >= 11 is 5.62. The first-order valence-electron chi connectivity index (χ1n) is 9.63. The Kier molecular flexibility index (Phi) is 13.2. The van der Waals surface area contributed by atoms with E-state index < -0.39 is 43.1 Å². The predicted octanol–water partition coefficient (Wildman–Crippen LogP) is -0.646. The van der Waals surface area contributed by atoms with Crippen LogP contribution in [0.2, 0.25) is 0 Å². The van der Waals surface area contributed by atoms with Crippen LogP contribution in [-0.4, -0.2) is 107 Å². The highest BCUT2D eigenvalue weighted by atomic mass is 127. The zero-order valence-corrected chi connectivity index (χ0v) is 24.4. The summed E-state index contributed by atoms with van der Waals surface area (Å²) in [6.07, 6.45) is -2.42. The van der Waals surface area contributed by atoms with E-state index in [9.17, 15) is 29.7 Å². The number of hydrogen-bond acceptors (Lipinski definition) is 8. The Hall–Kier alpha value is -0.380. The number of rotatable bonds is 11. The molecule has 6 N–H and O–H groups in total. The number of nitrogens with zero attached hydrogens (tertiary/aromatic N) is 2. The fourth-order valence-electron chi connectivity index (χ4n) is 2.83. The molecule has 33 heavy (non-hydrogen) atoms. The van der Waals surface area contributed by atoms with Gasteiger partial charge in [0.1, 0.15) is 0 Å². The predicted molar refractivity (Wildman–Crippen MR) is 145 cm³/mol. The van der Waals surface area contributed by atoms with Crippen molar-refractivity contribution in [3.05, 3.63) is 21.8 Å². The van der Waals surface area contributed by atoms with Crippen LogP contribution >= 0.6 is 67.8 Å². The molecule has 14 heteroatoms. The number of nitrogens with one attached hydrogen (secondary N) is 1. The number of carbonyl (C=O) groups excluding carboxylic acids is 3. The van der Waals surface area contributed by atoms with E-state index in [2.05, 4.69) is 5.32 Å². The van der Waals surface area contributed by atoms with Crippen LogP contribution in [0.3, 0.4) is 0 Å². The van der Waals surface area contributed by atoms with Crippen molar-refractivity contribution in [1.82, 2.24) is 10.2 Å². The van der Waals surface area contributed by atoms with Crippen LogP contribution in [0.15, 0.2) is 0 Å². The van der Waals surface area contributed by atoms with E-state index in [1.807, 2.05) is 67.8 Å².